The van der Waals surface area contributed by atoms with Gasteiger partial charge in [-0.15, -0.1) is 0 Å². The number of fused-ring (bicyclic) bond motifs is 1. The van der Waals surface area contributed by atoms with E-state index in [0.717, 1.165) is 41.0 Å². The van der Waals surface area contributed by atoms with Crippen LogP contribution in [0.25, 0.3) is 11.1 Å². The van der Waals surface area contributed by atoms with Crippen molar-refractivity contribution in [1.29, 1.82) is 0 Å². The van der Waals surface area contributed by atoms with Crippen LogP contribution in [0.4, 0.5) is 0 Å². The Kier molecular flexibility index (Phi) is 5.03. The maximum atomic E-state index is 6.39. The number of pyridine rings is 1. The molecule has 3 aromatic rings. The van der Waals surface area contributed by atoms with Gasteiger partial charge in [-0.05, 0) is 68.0 Å². The molecular formula is C21H22ClN3O2. The van der Waals surface area contributed by atoms with Gasteiger partial charge in [0.1, 0.15) is 18.1 Å². The molecule has 2 aromatic heterocycles. The highest BCUT2D eigenvalue weighted by molar-refractivity contribution is 6.31. The lowest BCUT2D eigenvalue weighted by atomic mass is 9.96. The van der Waals surface area contributed by atoms with Crippen molar-refractivity contribution in [3.05, 3.63) is 58.0 Å². The first-order valence-corrected chi connectivity index (χ1v) is 9.52. The summed E-state index contributed by atoms with van der Waals surface area (Å²) in [4.78, 5) is 4.30. The Morgan fingerprint density at radius 2 is 2.04 bits per heavy atom. The van der Waals surface area contributed by atoms with Gasteiger partial charge < -0.3 is 9.47 Å². The highest BCUT2D eigenvalue weighted by atomic mass is 35.5. The predicted molar refractivity (Wildman–Crippen MR) is 106 cm³/mol. The van der Waals surface area contributed by atoms with Crippen LogP contribution in [0, 0.1) is 6.92 Å². The quantitative estimate of drug-likeness (QED) is 0.680. The molecule has 0 fully saturated rings. The number of nitrogens with one attached hydrogen (secondary N) is 1. The maximum Gasteiger partial charge on any atom is 0.221 e. The molecule has 1 N–H and O–H groups in total. The van der Waals surface area contributed by atoms with Gasteiger partial charge in [-0.25, -0.2) is 4.98 Å². The standard InChI is InChI=1S/C21H22ClN3O2/c1-13-10-20(27-12-19-15-6-3-4-8-18(15)24-25-19)16(11-17(13)22)14-7-5-9-23-21(14)26-2/h5,7,9-11H,3-4,6,8,12H2,1-2H3,(H,24,25). The second kappa shape index (κ2) is 7.61. The molecule has 0 aliphatic heterocycles. The largest absolute Gasteiger partial charge is 0.487 e. The van der Waals surface area contributed by atoms with Crippen LogP contribution in [0.15, 0.2) is 30.5 Å². The van der Waals surface area contributed by atoms with Gasteiger partial charge >= 0.3 is 0 Å². The normalized spacial score (nSPS) is 13.3. The third kappa shape index (κ3) is 3.52. The number of methoxy groups -OCH3 is 1. The fourth-order valence-electron chi connectivity index (χ4n) is 3.56. The number of aromatic nitrogens is 3. The minimum atomic E-state index is 0.419. The Hall–Kier alpha value is -2.53. The summed E-state index contributed by atoms with van der Waals surface area (Å²) >= 11 is 6.39. The average Bonchev–Trinajstić information content (AvgIpc) is 3.11. The zero-order valence-electron chi connectivity index (χ0n) is 15.5. The summed E-state index contributed by atoms with van der Waals surface area (Å²) in [6, 6.07) is 7.70. The van der Waals surface area contributed by atoms with Crippen molar-refractivity contribution in [1.82, 2.24) is 15.2 Å². The summed E-state index contributed by atoms with van der Waals surface area (Å²) in [6.45, 7) is 2.39. The van der Waals surface area contributed by atoms with E-state index in [1.54, 1.807) is 13.3 Å². The van der Waals surface area contributed by atoms with Crippen molar-refractivity contribution in [3.8, 4) is 22.8 Å². The van der Waals surface area contributed by atoms with E-state index in [1.165, 1.54) is 24.1 Å². The molecule has 4 rings (SSSR count). The van der Waals surface area contributed by atoms with E-state index in [2.05, 4.69) is 15.2 Å². The smallest absolute Gasteiger partial charge is 0.221 e. The molecule has 0 saturated heterocycles. The number of halogens is 1. The zero-order valence-corrected chi connectivity index (χ0v) is 16.3. The molecule has 0 spiro atoms. The highest BCUT2D eigenvalue weighted by Crippen LogP contribution is 2.39. The van der Waals surface area contributed by atoms with E-state index in [0.29, 0.717) is 17.5 Å². The van der Waals surface area contributed by atoms with Crippen molar-refractivity contribution >= 4 is 11.6 Å². The molecule has 0 unspecified atom stereocenters. The molecule has 0 bridgehead atoms. The van der Waals surface area contributed by atoms with Crippen LogP contribution in [-0.2, 0) is 19.4 Å². The third-order valence-electron chi connectivity index (χ3n) is 5.02. The van der Waals surface area contributed by atoms with Crippen LogP contribution in [-0.4, -0.2) is 22.3 Å². The molecule has 1 aromatic carbocycles. The van der Waals surface area contributed by atoms with Gasteiger partial charge in [0.2, 0.25) is 5.88 Å². The molecule has 5 nitrogen and oxygen atoms in total. The lowest BCUT2D eigenvalue weighted by Crippen LogP contribution is -2.05. The first-order chi connectivity index (χ1) is 13.2. The summed E-state index contributed by atoms with van der Waals surface area (Å²) in [5, 5.41) is 8.32. The number of nitrogens with zero attached hydrogens (tertiary/aromatic N) is 2. The summed E-state index contributed by atoms with van der Waals surface area (Å²) in [7, 11) is 1.61. The van der Waals surface area contributed by atoms with Gasteiger partial charge in [0.25, 0.3) is 0 Å². The number of rotatable bonds is 5. The number of ether oxygens (including phenoxy) is 2. The fraction of sp³-hybridized carbons (Fsp3) is 0.333. The zero-order chi connectivity index (χ0) is 18.8. The van der Waals surface area contributed by atoms with Crippen LogP contribution in [0.2, 0.25) is 5.02 Å². The first-order valence-electron chi connectivity index (χ1n) is 9.14. The van der Waals surface area contributed by atoms with Gasteiger partial charge in [-0.3, -0.25) is 5.10 Å². The second-order valence-corrected chi connectivity index (χ2v) is 7.19. The van der Waals surface area contributed by atoms with Crippen molar-refractivity contribution < 1.29 is 9.47 Å². The van der Waals surface area contributed by atoms with E-state index >= 15 is 0 Å². The number of aryl methyl sites for hydroxylation is 2. The van der Waals surface area contributed by atoms with Gasteiger partial charge in [-0.2, -0.15) is 5.10 Å². The van der Waals surface area contributed by atoms with Gasteiger partial charge in [0, 0.05) is 28.0 Å². The van der Waals surface area contributed by atoms with Gasteiger partial charge in [0.05, 0.1) is 7.11 Å². The summed E-state index contributed by atoms with van der Waals surface area (Å²) in [6.07, 6.45) is 6.26. The van der Waals surface area contributed by atoms with Crippen molar-refractivity contribution in [2.24, 2.45) is 0 Å². The second-order valence-electron chi connectivity index (χ2n) is 6.78. The van der Waals surface area contributed by atoms with Crippen molar-refractivity contribution in [2.75, 3.05) is 7.11 Å². The topological polar surface area (TPSA) is 60.0 Å². The van der Waals surface area contributed by atoms with Crippen LogP contribution < -0.4 is 9.47 Å². The molecular weight excluding hydrogens is 362 g/mol. The number of aromatic amines is 1. The molecule has 1 aliphatic rings. The fourth-order valence-corrected chi connectivity index (χ4v) is 3.72. The molecule has 0 radical (unpaired) electrons. The minimum absolute atomic E-state index is 0.419. The monoisotopic (exact) mass is 383 g/mol. The van der Waals surface area contributed by atoms with Crippen LogP contribution in [0.1, 0.15) is 35.4 Å². The number of benzene rings is 1. The SMILES string of the molecule is COc1ncccc1-c1cc(Cl)c(C)cc1OCc1n[nH]c2c1CCCC2. The van der Waals surface area contributed by atoms with E-state index in [-0.39, 0.29) is 0 Å². The molecule has 27 heavy (non-hydrogen) atoms. The molecule has 0 amide bonds. The Bertz CT molecular complexity index is 968. The molecule has 0 saturated carbocycles. The van der Waals surface area contributed by atoms with Crippen LogP contribution in [0.3, 0.4) is 0 Å². The highest BCUT2D eigenvalue weighted by Gasteiger charge is 2.19. The maximum absolute atomic E-state index is 6.39. The van der Waals surface area contributed by atoms with E-state index in [9.17, 15) is 0 Å². The molecule has 6 heteroatoms. The summed E-state index contributed by atoms with van der Waals surface area (Å²) in [5.74, 6) is 1.29. The summed E-state index contributed by atoms with van der Waals surface area (Å²) in [5.41, 5.74) is 6.22. The minimum Gasteiger partial charge on any atom is -0.487 e. The Labute approximate surface area is 163 Å². The third-order valence-corrected chi connectivity index (χ3v) is 5.43. The van der Waals surface area contributed by atoms with E-state index in [4.69, 9.17) is 21.1 Å². The van der Waals surface area contributed by atoms with Crippen molar-refractivity contribution in [2.45, 2.75) is 39.2 Å². The van der Waals surface area contributed by atoms with Crippen LogP contribution in [0.5, 0.6) is 11.6 Å². The molecule has 1 aliphatic carbocycles. The van der Waals surface area contributed by atoms with E-state index in [1.807, 2.05) is 31.2 Å². The predicted octanol–water partition coefficient (Wildman–Crippen LogP) is 4.90. The Morgan fingerprint density at radius 3 is 2.89 bits per heavy atom. The Morgan fingerprint density at radius 1 is 1.19 bits per heavy atom. The molecule has 140 valence electrons. The first kappa shape index (κ1) is 17.9. The van der Waals surface area contributed by atoms with Crippen molar-refractivity contribution in [3.63, 3.8) is 0 Å². The van der Waals surface area contributed by atoms with Crippen LogP contribution >= 0.6 is 11.6 Å². The molecule has 0 atom stereocenters. The van der Waals surface area contributed by atoms with Gasteiger partial charge in [0.15, 0.2) is 0 Å². The molecule has 2 heterocycles. The number of H-pyrrole nitrogens is 1. The lowest BCUT2D eigenvalue weighted by Gasteiger charge is -2.16. The van der Waals surface area contributed by atoms with E-state index < -0.39 is 0 Å². The van der Waals surface area contributed by atoms with Gasteiger partial charge in [-0.1, -0.05) is 11.6 Å². The summed E-state index contributed by atoms with van der Waals surface area (Å²) < 4.78 is 11.6. The average molecular weight is 384 g/mol. The lowest BCUT2D eigenvalue weighted by molar-refractivity contribution is 0.300. The Balaban J connectivity index is 1.68. The number of hydrogen-bond acceptors (Lipinski definition) is 4. The number of hydrogen-bond donors (Lipinski definition) is 1.